The molecule has 0 bridgehead atoms. The fourth-order valence-corrected chi connectivity index (χ4v) is 3.91. The SMILES string of the molecule is CN(C)C1CCN(CCNC(=O)C2CCCCC2(C)N)CC1. The van der Waals surface area contributed by atoms with Crippen molar-refractivity contribution < 1.29 is 4.79 Å². The monoisotopic (exact) mass is 310 g/mol. The molecule has 5 nitrogen and oxygen atoms in total. The molecule has 1 aliphatic heterocycles. The molecule has 1 saturated heterocycles. The van der Waals surface area contributed by atoms with E-state index >= 15 is 0 Å². The fourth-order valence-electron chi connectivity index (χ4n) is 3.91. The first-order chi connectivity index (χ1) is 10.4. The zero-order valence-corrected chi connectivity index (χ0v) is 14.6. The van der Waals surface area contributed by atoms with Gasteiger partial charge >= 0.3 is 0 Å². The van der Waals surface area contributed by atoms with Gasteiger partial charge in [-0.05, 0) is 59.8 Å². The van der Waals surface area contributed by atoms with Crippen LogP contribution in [0, 0.1) is 5.92 Å². The van der Waals surface area contributed by atoms with E-state index in [0.717, 1.165) is 51.9 Å². The van der Waals surface area contributed by atoms with Gasteiger partial charge < -0.3 is 20.9 Å². The van der Waals surface area contributed by atoms with Gasteiger partial charge in [0.1, 0.15) is 0 Å². The van der Waals surface area contributed by atoms with Crippen LogP contribution in [0.5, 0.6) is 0 Å². The molecule has 3 N–H and O–H groups in total. The fraction of sp³-hybridized carbons (Fsp3) is 0.941. The highest BCUT2D eigenvalue weighted by atomic mass is 16.1. The molecule has 5 heteroatoms. The number of hydrogen-bond acceptors (Lipinski definition) is 4. The Morgan fingerprint density at radius 3 is 2.55 bits per heavy atom. The lowest BCUT2D eigenvalue weighted by Crippen LogP contribution is -2.53. The Morgan fingerprint density at radius 2 is 1.95 bits per heavy atom. The third kappa shape index (κ3) is 4.67. The predicted octanol–water partition coefficient (Wildman–Crippen LogP) is 1.04. The van der Waals surface area contributed by atoms with Crippen LogP contribution in [0.3, 0.4) is 0 Å². The second-order valence-electron chi connectivity index (χ2n) is 7.63. The van der Waals surface area contributed by atoms with Crippen LogP contribution in [0.15, 0.2) is 0 Å². The molecule has 1 saturated carbocycles. The molecule has 0 aromatic carbocycles. The van der Waals surface area contributed by atoms with Crippen LogP contribution < -0.4 is 11.1 Å². The summed E-state index contributed by atoms with van der Waals surface area (Å²) in [5, 5.41) is 3.12. The van der Waals surface area contributed by atoms with E-state index in [4.69, 9.17) is 5.73 Å². The van der Waals surface area contributed by atoms with Gasteiger partial charge in [0.15, 0.2) is 0 Å². The molecule has 0 spiro atoms. The van der Waals surface area contributed by atoms with E-state index in [1.54, 1.807) is 0 Å². The van der Waals surface area contributed by atoms with Crippen LogP contribution in [0.4, 0.5) is 0 Å². The summed E-state index contributed by atoms with van der Waals surface area (Å²) in [4.78, 5) is 17.2. The third-order valence-corrected chi connectivity index (χ3v) is 5.59. The van der Waals surface area contributed by atoms with Crippen molar-refractivity contribution in [3.05, 3.63) is 0 Å². The van der Waals surface area contributed by atoms with Crippen molar-refractivity contribution in [1.29, 1.82) is 0 Å². The maximum Gasteiger partial charge on any atom is 0.225 e. The van der Waals surface area contributed by atoms with E-state index in [0.29, 0.717) is 6.04 Å². The van der Waals surface area contributed by atoms with Crippen molar-refractivity contribution in [1.82, 2.24) is 15.1 Å². The summed E-state index contributed by atoms with van der Waals surface area (Å²) in [5.74, 6) is 0.147. The molecule has 128 valence electrons. The Hall–Kier alpha value is -0.650. The average Bonchev–Trinajstić information content (AvgIpc) is 2.47. The smallest absolute Gasteiger partial charge is 0.225 e. The second kappa shape index (κ2) is 7.75. The summed E-state index contributed by atoms with van der Waals surface area (Å²) in [6.07, 6.45) is 6.63. The number of carbonyl (C=O) groups excluding carboxylic acids is 1. The Bertz CT molecular complexity index is 362. The van der Waals surface area contributed by atoms with Gasteiger partial charge in [-0.15, -0.1) is 0 Å². The first kappa shape index (κ1) is 17.7. The third-order valence-electron chi connectivity index (χ3n) is 5.59. The quantitative estimate of drug-likeness (QED) is 0.796. The van der Waals surface area contributed by atoms with Crippen molar-refractivity contribution in [3.8, 4) is 0 Å². The molecule has 0 aromatic heterocycles. The Morgan fingerprint density at radius 1 is 1.27 bits per heavy atom. The number of carbonyl (C=O) groups is 1. The lowest BCUT2D eigenvalue weighted by Gasteiger charge is -2.38. The van der Waals surface area contributed by atoms with Gasteiger partial charge in [0, 0.05) is 24.7 Å². The van der Waals surface area contributed by atoms with Crippen molar-refractivity contribution >= 4 is 5.91 Å². The van der Waals surface area contributed by atoms with Gasteiger partial charge in [-0.1, -0.05) is 12.8 Å². The van der Waals surface area contributed by atoms with Gasteiger partial charge in [-0.25, -0.2) is 0 Å². The average molecular weight is 310 g/mol. The highest BCUT2D eigenvalue weighted by Gasteiger charge is 2.37. The predicted molar refractivity (Wildman–Crippen MR) is 90.7 cm³/mol. The molecule has 0 aromatic rings. The van der Waals surface area contributed by atoms with E-state index < -0.39 is 0 Å². The summed E-state index contributed by atoms with van der Waals surface area (Å²) in [7, 11) is 4.32. The maximum absolute atomic E-state index is 12.4. The molecule has 2 rings (SSSR count). The summed E-state index contributed by atoms with van der Waals surface area (Å²) < 4.78 is 0. The topological polar surface area (TPSA) is 61.6 Å². The summed E-state index contributed by atoms with van der Waals surface area (Å²) in [6.45, 7) is 6.01. The van der Waals surface area contributed by atoms with Gasteiger partial charge in [0.05, 0.1) is 5.92 Å². The molecule has 2 aliphatic rings. The first-order valence-electron chi connectivity index (χ1n) is 8.85. The van der Waals surface area contributed by atoms with Crippen LogP contribution in [0.1, 0.15) is 45.4 Å². The molecule has 1 amide bonds. The largest absolute Gasteiger partial charge is 0.355 e. The van der Waals surface area contributed by atoms with E-state index in [1.807, 2.05) is 6.92 Å². The lowest BCUT2D eigenvalue weighted by molar-refractivity contribution is -0.128. The molecular formula is C17H34N4O. The van der Waals surface area contributed by atoms with Crippen molar-refractivity contribution in [2.24, 2.45) is 11.7 Å². The van der Waals surface area contributed by atoms with E-state index in [1.165, 1.54) is 12.8 Å². The molecule has 2 unspecified atom stereocenters. The molecule has 1 heterocycles. The zero-order valence-electron chi connectivity index (χ0n) is 14.6. The normalized spacial score (nSPS) is 31.4. The van der Waals surface area contributed by atoms with Gasteiger partial charge in [0.2, 0.25) is 5.91 Å². The molecule has 22 heavy (non-hydrogen) atoms. The lowest BCUT2D eigenvalue weighted by atomic mass is 9.74. The van der Waals surface area contributed by atoms with Crippen LogP contribution in [-0.2, 0) is 4.79 Å². The van der Waals surface area contributed by atoms with Crippen molar-refractivity contribution in [2.75, 3.05) is 40.3 Å². The minimum atomic E-state index is -0.327. The van der Waals surface area contributed by atoms with Crippen LogP contribution >= 0.6 is 0 Å². The van der Waals surface area contributed by atoms with E-state index in [9.17, 15) is 4.79 Å². The zero-order chi connectivity index (χ0) is 16.2. The summed E-state index contributed by atoms with van der Waals surface area (Å²) in [6, 6.07) is 0.714. The molecule has 2 fully saturated rings. The van der Waals surface area contributed by atoms with Crippen LogP contribution in [-0.4, -0.2) is 67.6 Å². The molecule has 2 atom stereocenters. The number of likely N-dealkylation sites (tertiary alicyclic amines) is 1. The number of hydrogen-bond donors (Lipinski definition) is 2. The van der Waals surface area contributed by atoms with Gasteiger partial charge in [0.25, 0.3) is 0 Å². The number of rotatable bonds is 5. The molecule has 1 aliphatic carbocycles. The molecular weight excluding hydrogens is 276 g/mol. The number of amides is 1. The molecule has 0 radical (unpaired) electrons. The number of nitrogens with zero attached hydrogens (tertiary/aromatic N) is 2. The van der Waals surface area contributed by atoms with Crippen LogP contribution in [0.25, 0.3) is 0 Å². The minimum Gasteiger partial charge on any atom is -0.355 e. The second-order valence-corrected chi connectivity index (χ2v) is 7.63. The van der Waals surface area contributed by atoms with Crippen LogP contribution in [0.2, 0.25) is 0 Å². The maximum atomic E-state index is 12.4. The van der Waals surface area contributed by atoms with E-state index in [2.05, 4.69) is 29.2 Å². The highest BCUT2D eigenvalue weighted by Crippen LogP contribution is 2.31. The standard InChI is InChI=1S/C17H34N4O/c1-17(18)9-5-4-6-15(17)16(22)19-10-13-21-11-7-14(8-12-21)20(2)3/h14-15H,4-13,18H2,1-3H3,(H,19,22). The number of piperidine rings is 1. The highest BCUT2D eigenvalue weighted by molar-refractivity contribution is 5.80. The van der Waals surface area contributed by atoms with Crippen molar-refractivity contribution in [2.45, 2.75) is 57.0 Å². The van der Waals surface area contributed by atoms with Gasteiger partial charge in [-0.2, -0.15) is 0 Å². The van der Waals surface area contributed by atoms with E-state index in [-0.39, 0.29) is 17.4 Å². The Labute approximate surface area is 135 Å². The number of nitrogens with two attached hydrogens (primary N) is 1. The summed E-state index contributed by atoms with van der Waals surface area (Å²) >= 11 is 0. The van der Waals surface area contributed by atoms with Crippen molar-refractivity contribution in [3.63, 3.8) is 0 Å². The summed E-state index contributed by atoms with van der Waals surface area (Å²) in [5.41, 5.74) is 5.98. The van der Waals surface area contributed by atoms with Gasteiger partial charge in [-0.3, -0.25) is 4.79 Å². The number of nitrogens with one attached hydrogen (secondary N) is 1. The minimum absolute atomic E-state index is 0.0132. The first-order valence-corrected chi connectivity index (χ1v) is 8.85. The Balaban J connectivity index is 1.67. The Kier molecular flexibility index (Phi) is 6.24.